The van der Waals surface area contributed by atoms with E-state index in [0.717, 1.165) is 51.4 Å². The second-order valence-electron chi connectivity index (χ2n) is 18.0. The normalized spacial score (nSPS) is 26.1. The van der Waals surface area contributed by atoms with Gasteiger partial charge in [0.25, 0.3) is 0 Å². The minimum Gasteiger partial charge on any atom is -0.462 e. The van der Waals surface area contributed by atoms with Gasteiger partial charge in [0.1, 0.15) is 55.4 Å². The Morgan fingerprint density at radius 1 is 0.457 bits per heavy atom. The first-order chi connectivity index (χ1) is 34.0. The first kappa shape index (κ1) is 62.8. The summed E-state index contributed by atoms with van der Waals surface area (Å²) in [6.45, 7) is 2.42. The lowest BCUT2D eigenvalue weighted by molar-refractivity contribution is -0.332. The standard InChI is InChI=1S/C55H90O15/c1-3-5-7-9-11-13-15-17-19-20-21-22-24-26-28-30-32-34-36-38-47(58)68-43(40-65-46(57)37-35-33-31-29-27-25-23-18-16-14-12-10-8-6-4-2)41-66-54-53(64)51(62)49(60)45(70-54)42-67-55-52(63)50(61)48(59)44(39-56)69-55/h11,13,17-19,21-23,26-29,32,34,43-45,48-56,59-64H,3-10,12,14-16,20,24-25,30-31,33,35-42H2,1-2H3/b13-11+,19-17+,22-21+,23-18+,28-26+,29-27+,34-32+/t43-,44+,45+,48-,49-,50?,51?,52?,53?,54+,55+/m1/s1. The van der Waals surface area contributed by atoms with Gasteiger partial charge in [-0.2, -0.15) is 0 Å². The van der Waals surface area contributed by atoms with Crippen LogP contribution in [-0.2, 0) is 38.0 Å². The van der Waals surface area contributed by atoms with Crippen molar-refractivity contribution in [1.82, 2.24) is 0 Å². The highest BCUT2D eigenvalue weighted by atomic mass is 16.7. The summed E-state index contributed by atoms with van der Waals surface area (Å²) >= 11 is 0. The summed E-state index contributed by atoms with van der Waals surface area (Å²) in [5.41, 5.74) is 0. The number of ether oxygens (including phenoxy) is 6. The molecule has 0 aromatic rings. The van der Waals surface area contributed by atoms with E-state index in [2.05, 4.69) is 86.8 Å². The number of allylic oxidation sites excluding steroid dienone is 14. The lowest BCUT2D eigenvalue weighted by Gasteiger charge is -2.42. The number of hydrogen-bond donors (Lipinski definition) is 7. The predicted molar refractivity (Wildman–Crippen MR) is 270 cm³/mol. The van der Waals surface area contributed by atoms with Gasteiger partial charge in [0.15, 0.2) is 18.7 Å². The van der Waals surface area contributed by atoms with E-state index < -0.39 is 99.3 Å². The van der Waals surface area contributed by atoms with Crippen LogP contribution in [0.2, 0.25) is 0 Å². The molecule has 4 unspecified atom stereocenters. The molecule has 2 saturated heterocycles. The van der Waals surface area contributed by atoms with E-state index in [-0.39, 0.29) is 19.4 Å². The summed E-state index contributed by atoms with van der Waals surface area (Å²) in [6.07, 6.45) is 33.4. The Labute approximate surface area is 418 Å². The Balaban J connectivity index is 1.86. The van der Waals surface area contributed by atoms with Crippen LogP contribution >= 0.6 is 0 Å². The van der Waals surface area contributed by atoms with Crippen molar-refractivity contribution in [2.24, 2.45) is 0 Å². The molecule has 0 amide bonds. The van der Waals surface area contributed by atoms with E-state index in [9.17, 15) is 45.3 Å². The molecule has 15 heteroatoms. The fourth-order valence-electron chi connectivity index (χ4n) is 7.52. The maximum Gasteiger partial charge on any atom is 0.306 e. The molecule has 2 fully saturated rings. The van der Waals surface area contributed by atoms with Gasteiger partial charge in [0.2, 0.25) is 0 Å². The van der Waals surface area contributed by atoms with Gasteiger partial charge in [-0.1, -0.05) is 144 Å². The minimum absolute atomic E-state index is 0.0306. The minimum atomic E-state index is -1.79. The van der Waals surface area contributed by atoms with Crippen molar-refractivity contribution in [3.8, 4) is 0 Å². The Kier molecular flexibility index (Phi) is 36.9. The first-order valence-electron chi connectivity index (χ1n) is 26.2. The van der Waals surface area contributed by atoms with E-state index >= 15 is 0 Å². The van der Waals surface area contributed by atoms with Crippen molar-refractivity contribution < 1.29 is 73.8 Å². The number of carbonyl (C=O) groups excluding carboxylic acids is 2. The average molecular weight is 991 g/mol. The van der Waals surface area contributed by atoms with Crippen LogP contribution in [0, 0.1) is 0 Å². The molecule has 2 aliphatic heterocycles. The lowest BCUT2D eigenvalue weighted by Crippen LogP contribution is -2.61. The molecule has 0 aromatic heterocycles. The number of carbonyl (C=O) groups is 2. The summed E-state index contributed by atoms with van der Waals surface area (Å²) in [7, 11) is 0. The van der Waals surface area contributed by atoms with Crippen LogP contribution in [0.3, 0.4) is 0 Å². The molecule has 2 aliphatic rings. The predicted octanol–water partition coefficient (Wildman–Crippen LogP) is 7.60. The zero-order chi connectivity index (χ0) is 51.0. The highest BCUT2D eigenvalue weighted by Gasteiger charge is 2.47. The van der Waals surface area contributed by atoms with Crippen molar-refractivity contribution in [2.45, 2.75) is 223 Å². The summed E-state index contributed by atoms with van der Waals surface area (Å²) in [5, 5.41) is 72.1. The Morgan fingerprint density at radius 3 is 1.43 bits per heavy atom. The third kappa shape index (κ3) is 28.7. The van der Waals surface area contributed by atoms with Gasteiger partial charge in [-0.05, 0) is 83.5 Å². The van der Waals surface area contributed by atoms with E-state index in [4.69, 9.17) is 28.4 Å². The fraction of sp³-hybridized carbons (Fsp3) is 0.709. The maximum absolute atomic E-state index is 13.0. The molecule has 0 aromatic carbocycles. The monoisotopic (exact) mass is 991 g/mol. The van der Waals surface area contributed by atoms with Gasteiger partial charge in [0.05, 0.1) is 19.8 Å². The largest absolute Gasteiger partial charge is 0.462 e. The van der Waals surface area contributed by atoms with Crippen LogP contribution in [0.15, 0.2) is 85.1 Å². The molecule has 0 radical (unpaired) electrons. The molecule has 0 bridgehead atoms. The Hall–Kier alpha value is -3.32. The second kappa shape index (κ2) is 41.2. The third-order valence-electron chi connectivity index (χ3n) is 11.9. The molecule has 15 nitrogen and oxygen atoms in total. The molecule has 70 heavy (non-hydrogen) atoms. The molecule has 0 saturated carbocycles. The van der Waals surface area contributed by atoms with Crippen LogP contribution in [0.5, 0.6) is 0 Å². The number of esters is 2. The number of aliphatic hydroxyl groups is 7. The van der Waals surface area contributed by atoms with Crippen LogP contribution in [0.4, 0.5) is 0 Å². The van der Waals surface area contributed by atoms with Crippen LogP contribution < -0.4 is 0 Å². The molecular formula is C55H90O15. The molecule has 7 N–H and O–H groups in total. The summed E-state index contributed by atoms with van der Waals surface area (Å²) in [6, 6.07) is 0. The molecule has 400 valence electrons. The van der Waals surface area contributed by atoms with Gasteiger partial charge in [-0.25, -0.2) is 0 Å². The zero-order valence-corrected chi connectivity index (χ0v) is 42.2. The van der Waals surface area contributed by atoms with E-state index in [1.54, 1.807) is 0 Å². The molecule has 0 aliphatic carbocycles. The summed E-state index contributed by atoms with van der Waals surface area (Å²) < 4.78 is 33.4. The van der Waals surface area contributed by atoms with Gasteiger partial charge in [-0.3, -0.25) is 9.59 Å². The van der Waals surface area contributed by atoms with Crippen LogP contribution in [0.1, 0.15) is 155 Å². The smallest absolute Gasteiger partial charge is 0.306 e. The third-order valence-corrected chi connectivity index (χ3v) is 11.9. The zero-order valence-electron chi connectivity index (χ0n) is 42.2. The fourth-order valence-corrected chi connectivity index (χ4v) is 7.52. The Bertz CT molecular complexity index is 1540. The van der Waals surface area contributed by atoms with Crippen molar-refractivity contribution in [1.29, 1.82) is 0 Å². The van der Waals surface area contributed by atoms with E-state index in [1.807, 2.05) is 12.2 Å². The quantitative estimate of drug-likeness (QED) is 0.0179. The number of rotatable bonds is 39. The van der Waals surface area contributed by atoms with Gasteiger partial charge in [-0.15, -0.1) is 0 Å². The van der Waals surface area contributed by atoms with E-state index in [1.165, 1.54) is 57.8 Å². The summed E-state index contributed by atoms with van der Waals surface area (Å²) in [4.78, 5) is 25.7. The van der Waals surface area contributed by atoms with Crippen molar-refractivity contribution in [3.63, 3.8) is 0 Å². The van der Waals surface area contributed by atoms with Gasteiger partial charge < -0.3 is 64.2 Å². The van der Waals surface area contributed by atoms with Gasteiger partial charge >= 0.3 is 11.9 Å². The number of unbranched alkanes of at least 4 members (excludes halogenated alkanes) is 11. The van der Waals surface area contributed by atoms with Crippen LogP contribution in [-0.4, -0.2) is 142 Å². The average Bonchev–Trinajstić information content (AvgIpc) is 3.35. The number of aliphatic hydroxyl groups excluding tert-OH is 7. The first-order valence-corrected chi connectivity index (χ1v) is 26.2. The number of hydrogen-bond acceptors (Lipinski definition) is 15. The SMILES string of the molecule is CCCCC/C=C/C/C=C/C/C=C/C/C=C/C/C=C/CCC(=O)O[C@H](COC(=O)CCCC/C=C/C/C=C/CCCCCCCC)CO[C@H]1O[C@@H](CO[C@H]2O[C@@H](CO)[C@@H](O)C(O)C2O)[C@@H](O)C(O)C1O. The maximum atomic E-state index is 13.0. The van der Waals surface area contributed by atoms with Crippen molar-refractivity contribution in [3.05, 3.63) is 85.1 Å². The lowest BCUT2D eigenvalue weighted by atomic mass is 9.98. The second-order valence-corrected chi connectivity index (χ2v) is 18.0. The van der Waals surface area contributed by atoms with Crippen molar-refractivity contribution >= 4 is 11.9 Å². The molecule has 2 heterocycles. The molecular weight excluding hydrogens is 901 g/mol. The summed E-state index contributed by atoms with van der Waals surface area (Å²) in [5.74, 6) is -1.07. The molecule has 0 spiro atoms. The van der Waals surface area contributed by atoms with Crippen LogP contribution in [0.25, 0.3) is 0 Å². The highest BCUT2D eigenvalue weighted by molar-refractivity contribution is 5.70. The van der Waals surface area contributed by atoms with E-state index in [0.29, 0.717) is 19.3 Å². The Morgan fingerprint density at radius 2 is 0.886 bits per heavy atom. The molecule has 2 rings (SSSR count). The highest BCUT2D eigenvalue weighted by Crippen LogP contribution is 2.26. The van der Waals surface area contributed by atoms with Gasteiger partial charge in [0, 0.05) is 12.8 Å². The van der Waals surface area contributed by atoms with Crippen molar-refractivity contribution in [2.75, 3.05) is 26.4 Å². The topological polar surface area (TPSA) is 231 Å². The molecule has 11 atom stereocenters.